The van der Waals surface area contributed by atoms with Gasteiger partial charge in [0.05, 0.1) is 0 Å². The maximum Gasteiger partial charge on any atom is 0.166 e. The van der Waals surface area contributed by atoms with Gasteiger partial charge >= 0.3 is 0 Å². The zero-order valence-corrected chi connectivity index (χ0v) is 10.2. The van der Waals surface area contributed by atoms with Crippen LogP contribution in [0.4, 0.5) is 4.39 Å². The van der Waals surface area contributed by atoms with Gasteiger partial charge in [0.25, 0.3) is 0 Å². The van der Waals surface area contributed by atoms with Crippen molar-refractivity contribution >= 4 is 11.6 Å². The SMILES string of the molecule is Cc1cccc(COc2ccc(Cl)cc2F)c1. The molecule has 1 nitrogen and oxygen atoms in total. The lowest BCUT2D eigenvalue weighted by molar-refractivity contribution is 0.290. The van der Waals surface area contributed by atoms with Crippen LogP contribution in [0.3, 0.4) is 0 Å². The highest BCUT2D eigenvalue weighted by Gasteiger charge is 2.04. The van der Waals surface area contributed by atoms with Crippen molar-refractivity contribution in [2.75, 3.05) is 0 Å². The summed E-state index contributed by atoms with van der Waals surface area (Å²) in [6, 6.07) is 12.3. The van der Waals surface area contributed by atoms with Gasteiger partial charge in [-0.15, -0.1) is 0 Å². The lowest BCUT2D eigenvalue weighted by Crippen LogP contribution is -1.97. The van der Waals surface area contributed by atoms with Crippen LogP contribution < -0.4 is 4.74 Å². The van der Waals surface area contributed by atoms with Crippen LogP contribution in [-0.2, 0) is 6.61 Å². The van der Waals surface area contributed by atoms with Gasteiger partial charge in [0, 0.05) is 5.02 Å². The molecule has 0 atom stereocenters. The third-order valence-corrected chi connectivity index (χ3v) is 2.61. The number of halogens is 2. The van der Waals surface area contributed by atoms with Gasteiger partial charge < -0.3 is 4.74 Å². The van der Waals surface area contributed by atoms with Crippen molar-refractivity contribution in [3.63, 3.8) is 0 Å². The van der Waals surface area contributed by atoms with Gasteiger partial charge in [-0.3, -0.25) is 0 Å². The first-order valence-corrected chi connectivity index (χ1v) is 5.66. The fourth-order valence-electron chi connectivity index (χ4n) is 1.56. The van der Waals surface area contributed by atoms with E-state index in [2.05, 4.69) is 0 Å². The van der Waals surface area contributed by atoms with Crippen LogP contribution in [-0.4, -0.2) is 0 Å². The highest BCUT2D eigenvalue weighted by Crippen LogP contribution is 2.22. The second-order valence-electron chi connectivity index (χ2n) is 3.85. The van der Waals surface area contributed by atoms with E-state index in [0.29, 0.717) is 11.6 Å². The van der Waals surface area contributed by atoms with Crippen LogP contribution in [0.1, 0.15) is 11.1 Å². The largest absolute Gasteiger partial charge is 0.486 e. The highest BCUT2D eigenvalue weighted by atomic mass is 35.5. The molecule has 0 bridgehead atoms. The Balaban J connectivity index is 2.07. The van der Waals surface area contributed by atoms with Gasteiger partial charge in [0.1, 0.15) is 6.61 Å². The van der Waals surface area contributed by atoms with Crippen molar-refractivity contribution in [1.82, 2.24) is 0 Å². The molecule has 2 aromatic carbocycles. The summed E-state index contributed by atoms with van der Waals surface area (Å²) < 4.78 is 18.8. The average molecular weight is 251 g/mol. The second-order valence-corrected chi connectivity index (χ2v) is 4.29. The van der Waals surface area contributed by atoms with Gasteiger partial charge in [-0.25, -0.2) is 4.39 Å². The van der Waals surface area contributed by atoms with Crippen molar-refractivity contribution in [1.29, 1.82) is 0 Å². The number of hydrogen-bond donors (Lipinski definition) is 0. The molecule has 0 spiro atoms. The summed E-state index contributed by atoms with van der Waals surface area (Å²) in [6.45, 7) is 2.35. The predicted molar refractivity (Wildman–Crippen MR) is 66.9 cm³/mol. The quantitative estimate of drug-likeness (QED) is 0.786. The maximum atomic E-state index is 13.4. The molecule has 0 aliphatic heterocycles. The molecule has 2 rings (SSSR count). The number of hydrogen-bond acceptors (Lipinski definition) is 1. The zero-order chi connectivity index (χ0) is 12.3. The summed E-state index contributed by atoms with van der Waals surface area (Å²) in [6.07, 6.45) is 0. The standard InChI is InChI=1S/C14H12ClFO/c1-10-3-2-4-11(7-10)9-17-14-6-5-12(15)8-13(14)16/h2-8H,9H2,1H3. The summed E-state index contributed by atoms with van der Waals surface area (Å²) in [5.41, 5.74) is 2.17. The molecule has 0 fully saturated rings. The Hall–Kier alpha value is -1.54. The molecule has 88 valence electrons. The van der Waals surface area contributed by atoms with E-state index in [4.69, 9.17) is 16.3 Å². The van der Waals surface area contributed by atoms with Crippen LogP contribution in [0, 0.1) is 12.7 Å². The van der Waals surface area contributed by atoms with E-state index in [0.717, 1.165) is 11.1 Å². The van der Waals surface area contributed by atoms with Crippen molar-refractivity contribution in [3.8, 4) is 5.75 Å². The third-order valence-electron chi connectivity index (χ3n) is 2.37. The molecule has 0 heterocycles. The topological polar surface area (TPSA) is 9.23 Å². The van der Waals surface area contributed by atoms with Crippen LogP contribution in [0.2, 0.25) is 5.02 Å². The van der Waals surface area contributed by atoms with Crippen molar-refractivity contribution in [3.05, 3.63) is 64.4 Å². The molecular weight excluding hydrogens is 239 g/mol. The Morgan fingerprint density at radius 1 is 1.18 bits per heavy atom. The predicted octanol–water partition coefficient (Wildman–Crippen LogP) is 4.37. The Kier molecular flexibility index (Phi) is 3.64. The average Bonchev–Trinajstić information content (AvgIpc) is 2.28. The molecule has 0 amide bonds. The molecule has 3 heteroatoms. The fourth-order valence-corrected chi connectivity index (χ4v) is 1.71. The Morgan fingerprint density at radius 3 is 2.71 bits per heavy atom. The van der Waals surface area contributed by atoms with Crippen molar-refractivity contribution in [2.45, 2.75) is 13.5 Å². The van der Waals surface area contributed by atoms with Crippen LogP contribution in [0.15, 0.2) is 42.5 Å². The lowest BCUT2D eigenvalue weighted by Gasteiger charge is -2.08. The van der Waals surface area contributed by atoms with E-state index in [1.54, 1.807) is 6.07 Å². The molecule has 0 saturated carbocycles. The highest BCUT2D eigenvalue weighted by molar-refractivity contribution is 6.30. The number of aryl methyl sites for hydroxylation is 1. The first-order valence-electron chi connectivity index (χ1n) is 5.28. The molecule has 0 aromatic heterocycles. The summed E-state index contributed by atoms with van der Waals surface area (Å²) in [5, 5.41) is 0.366. The minimum atomic E-state index is -0.440. The number of benzene rings is 2. The first kappa shape index (κ1) is 11.9. The minimum Gasteiger partial charge on any atom is -0.486 e. The second kappa shape index (κ2) is 5.19. The molecule has 0 unspecified atom stereocenters. The minimum absolute atomic E-state index is 0.218. The zero-order valence-electron chi connectivity index (χ0n) is 9.41. The summed E-state index contributed by atoms with van der Waals surface area (Å²) in [5.74, 6) is -0.221. The van der Waals surface area contributed by atoms with Gasteiger partial charge in [-0.05, 0) is 30.7 Å². The first-order chi connectivity index (χ1) is 8.15. The Labute approximate surface area is 105 Å². The molecule has 0 aliphatic rings. The van der Waals surface area contributed by atoms with Gasteiger partial charge in [0.15, 0.2) is 11.6 Å². The van der Waals surface area contributed by atoms with Crippen LogP contribution in [0.5, 0.6) is 5.75 Å². The molecule has 0 aliphatic carbocycles. The van der Waals surface area contributed by atoms with E-state index in [-0.39, 0.29) is 5.75 Å². The monoisotopic (exact) mass is 250 g/mol. The maximum absolute atomic E-state index is 13.4. The van der Waals surface area contributed by atoms with Gasteiger partial charge in [-0.2, -0.15) is 0 Å². The molecule has 17 heavy (non-hydrogen) atoms. The van der Waals surface area contributed by atoms with E-state index in [1.165, 1.54) is 12.1 Å². The molecule has 2 aromatic rings. The van der Waals surface area contributed by atoms with Crippen LogP contribution >= 0.6 is 11.6 Å². The molecule has 0 N–H and O–H groups in total. The van der Waals surface area contributed by atoms with E-state index >= 15 is 0 Å². The molecular formula is C14H12ClFO. The Morgan fingerprint density at radius 2 is 2.00 bits per heavy atom. The molecule has 0 saturated heterocycles. The van der Waals surface area contributed by atoms with E-state index in [1.807, 2.05) is 31.2 Å². The summed E-state index contributed by atoms with van der Waals surface area (Å²) >= 11 is 5.66. The number of rotatable bonds is 3. The summed E-state index contributed by atoms with van der Waals surface area (Å²) in [7, 11) is 0. The Bertz CT molecular complexity index is 525. The van der Waals surface area contributed by atoms with Crippen molar-refractivity contribution < 1.29 is 9.13 Å². The summed E-state index contributed by atoms with van der Waals surface area (Å²) in [4.78, 5) is 0. The third kappa shape index (κ3) is 3.21. The van der Waals surface area contributed by atoms with Crippen molar-refractivity contribution in [2.24, 2.45) is 0 Å². The number of ether oxygens (including phenoxy) is 1. The molecule has 0 radical (unpaired) electrons. The normalized spacial score (nSPS) is 10.3. The van der Waals surface area contributed by atoms with E-state index in [9.17, 15) is 4.39 Å². The van der Waals surface area contributed by atoms with Gasteiger partial charge in [-0.1, -0.05) is 41.4 Å². The van der Waals surface area contributed by atoms with E-state index < -0.39 is 5.82 Å². The van der Waals surface area contributed by atoms with Crippen LogP contribution in [0.25, 0.3) is 0 Å². The fraction of sp³-hybridized carbons (Fsp3) is 0.143. The lowest BCUT2D eigenvalue weighted by atomic mass is 10.1. The van der Waals surface area contributed by atoms with Gasteiger partial charge in [0.2, 0.25) is 0 Å². The smallest absolute Gasteiger partial charge is 0.166 e.